The van der Waals surface area contributed by atoms with Crippen LogP contribution in [0.3, 0.4) is 0 Å². The van der Waals surface area contributed by atoms with E-state index in [0.717, 1.165) is 34.2 Å². The van der Waals surface area contributed by atoms with Gasteiger partial charge in [-0.25, -0.2) is 9.97 Å². The van der Waals surface area contributed by atoms with E-state index in [9.17, 15) is 9.18 Å². The number of carbonyl (C=O) groups is 1. The lowest BCUT2D eigenvalue weighted by atomic mass is 10.2. The molecule has 1 aromatic carbocycles. The molecule has 1 amide bonds. The number of aromatic nitrogens is 3. The maximum atomic E-state index is 13.2. The molecule has 10 heteroatoms. The molecule has 0 saturated heterocycles. The Bertz CT molecular complexity index is 979. The van der Waals surface area contributed by atoms with Gasteiger partial charge in [0.1, 0.15) is 5.69 Å². The SMILES string of the molecule is CCN(CCNC(=O)c1cnc2cc(I)ccc2n1)CCc1ccnc(F)c1.Cl.Cl. The Labute approximate surface area is 201 Å². The predicted molar refractivity (Wildman–Crippen MR) is 129 cm³/mol. The van der Waals surface area contributed by atoms with Crippen LogP contribution in [0.2, 0.25) is 0 Å². The standard InChI is InChI=1S/C20H21FIN5O.2ClH/c1-2-27(9-6-14-5-7-23-19(21)11-14)10-8-24-20(28)18-13-25-17-12-15(22)3-4-16(17)26-18;;/h3-5,7,11-13H,2,6,8-10H2,1H3,(H,24,28);2*1H. The maximum Gasteiger partial charge on any atom is 0.271 e. The van der Waals surface area contributed by atoms with Crippen molar-refractivity contribution in [3.8, 4) is 0 Å². The Morgan fingerprint density at radius 2 is 1.93 bits per heavy atom. The molecule has 0 saturated carbocycles. The Kier molecular flexibility index (Phi) is 11.4. The number of benzene rings is 1. The van der Waals surface area contributed by atoms with Crippen LogP contribution < -0.4 is 5.32 Å². The van der Waals surface area contributed by atoms with E-state index in [1.807, 2.05) is 24.3 Å². The average molecular weight is 566 g/mol. The monoisotopic (exact) mass is 565 g/mol. The van der Waals surface area contributed by atoms with E-state index in [2.05, 4.69) is 54.7 Å². The number of hydrogen-bond donors (Lipinski definition) is 1. The highest BCUT2D eigenvalue weighted by atomic mass is 127. The van der Waals surface area contributed by atoms with Crippen LogP contribution in [-0.4, -0.2) is 51.9 Å². The van der Waals surface area contributed by atoms with Gasteiger partial charge in [-0.2, -0.15) is 4.39 Å². The molecule has 0 unspecified atom stereocenters. The highest BCUT2D eigenvalue weighted by Gasteiger charge is 2.10. The number of amides is 1. The van der Waals surface area contributed by atoms with Crippen molar-refractivity contribution in [2.24, 2.45) is 0 Å². The molecule has 3 rings (SSSR count). The number of nitrogens with zero attached hydrogens (tertiary/aromatic N) is 4. The summed E-state index contributed by atoms with van der Waals surface area (Å²) in [4.78, 5) is 26.8. The topological polar surface area (TPSA) is 71.0 Å². The Balaban J connectivity index is 0.00000225. The molecule has 30 heavy (non-hydrogen) atoms. The summed E-state index contributed by atoms with van der Waals surface area (Å²) in [5.41, 5.74) is 2.70. The maximum absolute atomic E-state index is 13.2. The zero-order valence-electron chi connectivity index (χ0n) is 16.3. The van der Waals surface area contributed by atoms with Crippen molar-refractivity contribution in [1.29, 1.82) is 0 Å². The third kappa shape index (κ3) is 7.57. The molecule has 2 heterocycles. The van der Waals surface area contributed by atoms with Gasteiger partial charge in [0.25, 0.3) is 5.91 Å². The molecule has 3 aromatic rings. The summed E-state index contributed by atoms with van der Waals surface area (Å²) in [5.74, 6) is -0.695. The minimum atomic E-state index is -0.459. The van der Waals surface area contributed by atoms with Crippen molar-refractivity contribution in [3.63, 3.8) is 0 Å². The van der Waals surface area contributed by atoms with E-state index in [1.165, 1.54) is 18.5 Å². The zero-order valence-corrected chi connectivity index (χ0v) is 20.1. The number of halogens is 4. The van der Waals surface area contributed by atoms with Crippen LogP contribution in [0.5, 0.6) is 0 Å². The first-order valence-electron chi connectivity index (χ1n) is 9.08. The van der Waals surface area contributed by atoms with E-state index in [4.69, 9.17) is 0 Å². The summed E-state index contributed by atoms with van der Waals surface area (Å²) >= 11 is 2.22. The Morgan fingerprint density at radius 1 is 1.13 bits per heavy atom. The average Bonchev–Trinajstić information content (AvgIpc) is 2.70. The first kappa shape index (κ1) is 26.4. The fourth-order valence-corrected chi connectivity index (χ4v) is 3.30. The van der Waals surface area contributed by atoms with Gasteiger partial charge < -0.3 is 10.2 Å². The lowest BCUT2D eigenvalue weighted by molar-refractivity contribution is 0.0943. The quantitative estimate of drug-likeness (QED) is 0.331. The van der Waals surface area contributed by atoms with E-state index in [1.54, 1.807) is 0 Å². The van der Waals surface area contributed by atoms with Crippen LogP contribution in [-0.2, 0) is 6.42 Å². The van der Waals surface area contributed by atoms with E-state index in [0.29, 0.717) is 24.3 Å². The molecule has 0 spiro atoms. The van der Waals surface area contributed by atoms with Crippen molar-refractivity contribution >= 4 is 64.3 Å². The summed E-state index contributed by atoms with van der Waals surface area (Å²) in [5, 5.41) is 2.89. The van der Waals surface area contributed by atoms with Crippen LogP contribution in [0.4, 0.5) is 4.39 Å². The molecule has 0 atom stereocenters. The largest absolute Gasteiger partial charge is 0.349 e. The van der Waals surface area contributed by atoms with Crippen molar-refractivity contribution in [2.75, 3.05) is 26.2 Å². The second-order valence-corrected chi connectivity index (χ2v) is 7.56. The molecule has 0 fully saturated rings. The molecule has 0 bridgehead atoms. The normalized spacial score (nSPS) is 10.4. The summed E-state index contributed by atoms with van der Waals surface area (Å²) in [6, 6.07) is 9.00. The Hall–Kier alpha value is -1.62. The summed E-state index contributed by atoms with van der Waals surface area (Å²) < 4.78 is 14.2. The number of likely N-dealkylation sites (N-methyl/N-ethyl adjacent to an activating group) is 1. The summed E-state index contributed by atoms with van der Waals surface area (Å²) in [6.45, 7) is 4.89. The van der Waals surface area contributed by atoms with Gasteiger partial charge in [-0.3, -0.25) is 9.78 Å². The molecule has 6 nitrogen and oxygen atoms in total. The first-order chi connectivity index (χ1) is 13.5. The zero-order chi connectivity index (χ0) is 19.9. The van der Waals surface area contributed by atoms with Crippen molar-refractivity contribution < 1.29 is 9.18 Å². The van der Waals surface area contributed by atoms with Gasteiger partial charge >= 0.3 is 0 Å². The van der Waals surface area contributed by atoms with Gasteiger partial charge in [0, 0.05) is 29.4 Å². The van der Waals surface area contributed by atoms with Gasteiger partial charge in [0.2, 0.25) is 5.95 Å². The fraction of sp³-hybridized carbons (Fsp3) is 0.300. The number of rotatable bonds is 8. The van der Waals surface area contributed by atoms with Crippen LogP contribution in [0.1, 0.15) is 23.0 Å². The van der Waals surface area contributed by atoms with Gasteiger partial charge in [0.05, 0.1) is 17.2 Å². The molecular weight excluding hydrogens is 543 g/mol. The number of nitrogens with one attached hydrogen (secondary N) is 1. The van der Waals surface area contributed by atoms with Crippen LogP contribution in [0.15, 0.2) is 42.7 Å². The molecule has 0 aliphatic heterocycles. The van der Waals surface area contributed by atoms with E-state index >= 15 is 0 Å². The van der Waals surface area contributed by atoms with Crippen molar-refractivity contribution in [3.05, 3.63) is 63.5 Å². The minimum Gasteiger partial charge on any atom is -0.349 e. The fourth-order valence-electron chi connectivity index (χ4n) is 2.82. The lowest BCUT2D eigenvalue weighted by Gasteiger charge is -2.20. The van der Waals surface area contributed by atoms with Crippen molar-refractivity contribution in [1.82, 2.24) is 25.2 Å². The molecule has 1 N–H and O–H groups in total. The summed E-state index contributed by atoms with van der Waals surface area (Å²) in [6.07, 6.45) is 3.71. The van der Waals surface area contributed by atoms with Gasteiger partial charge in [-0.05, 0) is 71.5 Å². The van der Waals surface area contributed by atoms with Crippen molar-refractivity contribution in [2.45, 2.75) is 13.3 Å². The third-order valence-electron chi connectivity index (χ3n) is 4.41. The molecular formula is C20H23Cl2FIN5O. The smallest absolute Gasteiger partial charge is 0.271 e. The van der Waals surface area contributed by atoms with Gasteiger partial charge in [-0.15, -0.1) is 24.8 Å². The third-order valence-corrected chi connectivity index (χ3v) is 5.08. The lowest BCUT2D eigenvalue weighted by Crippen LogP contribution is -2.36. The molecule has 162 valence electrons. The highest BCUT2D eigenvalue weighted by molar-refractivity contribution is 14.1. The number of fused-ring (bicyclic) bond motifs is 1. The number of hydrogen-bond acceptors (Lipinski definition) is 5. The first-order valence-corrected chi connectivity index (χ1v) is 10.2. The number of pyridine rings is 1. The minimum absolute atomic E-state index is 0. The predicted octanol–water partition coefficient (Wildman–Crippen LogP) is 3.91. The molecule has 0 aliphatic rings. The Morgan fingerprint density at radius 3 is 2.67 bits per heavy atom. The second kappa shape index (κ2) is 12.9. The van der Waals surface area contributed by atoms with Crippen LogP contribution in [0, 0.1) is 9.52 Å². The highest BCUT2D eigenvalue weighted by Crippen LogP contribution is 2.13. The number of carbonyl (C=O) groups excluding carboxylic acids is 1. The molecule has 0 aliphatic carbocycles. The van der Waals surface area contributed by atoms with Crippen LogP contribution in [0.25, 0.3) is 11.0 Å². The molecule has 0 radical (unpaired) electrons. The second-order valence-electron chi connectivity index (χ2n) is 6.32. The van der Waals surface area contributed by atoms with E-state index in [-0.39, 0.29) is 30.7 Å². The summed E-state index contributed by atoms with van der Waals surface area (Å²) in [7, 11) is 0. The van der Waals surface area contributed by atoms with E-state index < -0.39 is 5.95 Å². The van der Waals surface area contributed by atoms with Gasteiger partial charge in [-0.1, -0.05) is 6.92 Å². The van der Waals surface area contributed by atoms with Crippen LogP contribution >= 0.6 is 47.4 Å². The molecule has 2 aromatic heterocycles. The van der Waals surface area contributed by atoms with Gasteiger partial charge in [0.15, 0.2) is 0 Å².